The fourth-order valence-electron chi connectivity index (χ4n) is 6.74. The summed E-state index contributed by atoms with van der Waals surface area (Å²) in [4.78, 5) is 65.9. The molecule has 5 rings (SSSR count). The minimum atomic E-state index is -0.495. The molecule has 0 aromatic heterocycles. The average molecular weight is 835 g/mol. The van der Waals surface area contributed by atoms with Gasteiger partial charge in [0.05, 0.1) is 0 Å². The van der Waals surface area contributed by atoms with Crippen LogP contribution in [-0.2, 0) is 30.6 Å². The van der Waals surface area contributed by atoms with Gasteiger partial charge in [-0.3, -0.25) is 24.0 Å². The smallest absolute Gasteiger partial charge is 0.311 e. The predicted octanol–water partition coefficient (Wildman–Crippen LogP) is 12.2. The van der Waals surface area contributed by atoms with Crippen molar-refractivity contribution in [2.45, 2.75) is 138 Å². The van der Waals surface area contributed by atoms with Crippen molar-refractivity contribution in [1.82, 2.24) is 0 Å². The molecule has 11 heteroatoms. The zero-order valence-corrected chi connectivity index (χ0v) is 36.2. The molecule has 5 aromatic rings. The van der Waals surface area contributed by atoms with E-state index in [4.69, 9.17) is 28.4 Å². The summed E-state index contributed by atoms with van der Waals surface area (Å²) in [5, 5.41) is 3.36. The molecule has 0 aliphatic heterocycles. The molecule has 0 heterocycles. The van der Waals surface area contributed by atoms with Crippen molar-refractivity contribution in [2.75, 3.05) is 0 Å². The second-order valence-electron chi connectivity index (χ2n) is 15.2. The molecule has 0 aliphatic rings. The van der Waals surface area contributed by atoms with E-state index in [2.05, 4.69) is 0 Å². The molecular formula is C50H58O11. The van der Waals surface area contributed by atoms with Gasteiger partial charge in [-0.1, -0.05) is 97.1 Å². The van der Waals surface area contributed by atoms with Gasteiger partial charge in [0, 0.05) is 32.1 Å². The highest BCUT2D eigenvalue weighted by atomic mass is 16.6. The summed E-state index contributed by atoms with van der Waals surface area (Å²) in [7, 11) is 0. The lowest BCUT2D eigenvalue weighted by atomic mass is 9.93. The van der Waals surface area contributed by atoms with Crippen molar-refractivity contribution in [3.8, 4) is 34.5 Å². The van der Waals surface area contributed by atoms with Crippen LogP contribution in [0, 0.1) is 0 Å². The van der Waals surface area contributed by atoms with Crippen LogP contribution in [0.5, 0.6) is 34.5 Å². The maximum atomic E-state index is 13.2. The third kappa shape index (κ3) is 12.8. The first-order valence-corrected chi connectivity index (χ1v) is 21.8. The number of hydrogen-bond donors (Lipinski definition) is 0. The zero-order chi connectivity index (χ0) is 43.7. The van der Waals surface area contributed by atoms with Crippen LogP contribution in [0.25, 0.3) is 32.3 Å². The van der Waals surface area contributed by atoms with Crippen LogP contribution in [0.15, 0.2) is 66.7 Å². The van der Waals surface area contributed by atoms with Gasteiger partial charge in [-0.25, -0.2) is 0 Å². The molecule has 0 saturated heterocycles. The fourth-order valence-corrected chi connectivity index (χ4v) is 6.74. The lowest BCUT2D eigenvalue weighted by molar-refractivity contribution is -0.137. The van der Waals surface area contributed by atoms with Gasteiger partial charge < -0.3 is 28.4 Å². The maximum Gasteiger partial charge on any atom is 0.311 e. The van der Waals surface area contributed by atoms with Gasteiger partial charge in [-0.05, 0) is 106 Å². The molecule has 0 N–H and O–H groups in total. The first-order chi connectivity index (χ1) is 29.6. The van der Waals surface area contributed by atoms with Gasteiger partial charge in [0.1, 0.15) is 6.61 Å². The fraction of sp³-hybridized carbons (Fsp3) is 0.420. The molecule has 11 nitrogen and oxygen atoms in total. The Bertz CT molecular complexity index is 2270. The normalized spacial score (nSPS) is 11.1. The summed E-state index contributed by atoms with van der Waals surface area (Å²) in [5.74, 6) is -1.77. The third-order valence-electron chi connectivity index (χ3n) is 10.2. The molecule has 0 amide bonds. The lowest BCUT2D eigenvalue weighted by Gasteiger charge is -2.19. The highest BCUT2D eigenvalue weighted by molar-refractivity contribution is 6.27. The van der Waals surface area contributed by atoms with Crippen molar-refractivity contribution in [2.24, 2.45) is 0 Å². The van der Waals surface area contributed by atoms with Crippen LogP contribution in [0.4, 0.5) is 0 Å². The largest absolute Gasteiger partial charge is 0.485 e. The first-order valence-electron chi connectivity index (χ1n) is 21.8. The molecule has 61 heavy (non-hydrogen) atoms. The maximum absolute atomic E-state index is 13.2. The predicted molar refractivity (Wildman–Crippen MR) is 236 cm³/mol. The molecule has 5 aromatic carbocycles. The molecule has 0 aliphatic carbocycles. The third-order valence-corrected chi connectivity index (χ3v) is 10.2. The van der Waals surface area contributed by atoms with E-state index in [1.54, 1.807) is 36.4 Å². The number of carbonyl (C=O) groups excluding carboxylic acids is 5. The molecule has 0 radical (unpaired) electrons. The zero-order valence-electron chi connectivity index (χ0n) is 36.2. The number of hydrogen-bond acceptors (Lipinski definition) is 11. The molecule has 0 unspecified atom stereocenters. The van der Waals surface area contributed by atoms with Gasteiger partial charge in [-0.15, -0.1) is 0 Å². The number of unbranched alkanes of at least 4 members (excludes halogenated alkanes) is 5. The van der Waals surface area contributed by atoms with E-state index in [1.807, 2.05) is 65.0 Å². The lowest BCUT2D eigenvalue weighted by Crippen LogP contribution is -2.12. The number of benzene rings is 5. The SMILES string of the molecule is CCCCC(=O)Oc1cc2c(cc1OCc1ccccc1)c1cc(OC(=O)CCCC)c(OC(=O)CCCC)cc1c1cc(OC(=O)CCCC)c(OC(=O)CCCC)cc21. The van der Waals surface area contributed by atoms with Crippen molar-refractivity contribution < 1.29 is 52.4 Å². The molecule has 324 valence electrons. The van der Waals surface area contributed by atoms with E-state index in [9.17, 15) is 24.0 Å². The number of esters is 5. The van der Waals surface area contributed by atoms with Crippen LogP contribution in [0.2, 0.25) is 0 Å². The molecule has 0 atom stereocenters. The highest BCUT2D eigenvalue weighted by Crippen LogP contribution is 2.47. The summed E-state index contributed by atoms with van der Waals surface area (Å²) < 4.78 is 36.1. The van der Waals surface area contributed by atoms with Crippen molar-refractivity contribution >= 4 is 62.2 Å². The van der Waals surface area contributed by atoms with E-state index in [1.165, 1.54) is 0 Å². The van der Waals surface area contributed by atoms with Crippen LogP contribution in [0.1, 0.15) is 136 Å². The topological polar surface area (TPSA) is 141 Å². The summed E-state index contributed by atoms with van der Waals surface area (Å²) in [6.45, 7) is 10.0. The monoisotopic (exact) mass is 834 g/mol. The Morgan fingerprint density at radius 2 is 0.607 bits per heavy atom. The van der Waals surface area contributed by atoms with Gasteiger partial charge >= 0.3 is 29.8 Å². The average Bonchev–Trinajstić information content (AvgIpc) is 3.25. The van der Waals surface area contributed by atoms with Crippen LogP contribution < -0.4 is 28.4 Å². The summed E-state index contributed by atoms with van der Waals surface area (Å²) >= 11 is 0. The van der Waals surface area contributed by atoms with Crippen molar-refractivity contribution in [3.05, 3.63) is 72.3 Å². The Hall–Kier alpha value is -5.97. The Balaban J connectivity index is 1.86. The van der Waals surface area contributed by atoms with E-state index < -0.39 is 29.8 Å². The first kappa shape index (κ1) is 46.1. The van der Waals surface area contributed by atoms with Gasteiger partial charge in [0.2, 0.25) is 0 Å². The number of fused-ring (bicyclic) bond motifs is 6. The minimum Gasteiger partial charge on any atom is -0.485 e. The molecule has 0 spiro atoms. The summed E-state index contributed by atoms with van der Waals surface area (Å²) in [6, 6.07) is 19.6. The van der Waals surface area contributed by atoms with Crippen LogP contribution in [0.3, 0.4) is 0 Å². The van der Waals surface area contributed by atoms with E-state index >= 15 is 0 Å². The van der Waals surface area contributed by atoms with Crippen LogP contribution in [-0.4, -0.2) is 29.8 Å². The number of ether oxygens (including phenoxy) is 6. The Kier molecular flexibility index (Phi) is 17.5. The molecule has 0 bridgehead atoms. The second kappa shape index (κ2) is 23.1. The standard InChI is InChI=1S/C50H58O11/c1-6-11-21-46(51)57-41-27-35-34(26-40(41)56-32-33-19-17-16-18-20-33)36-28-42(58-47(52)22-12-7-2)44(60-49(54)24-14-9-4)30-38(36)39-31-45(61-50(55)25-15-10-5)43(29-37(35)39)59-48(53)23-13-8-3/h16-20,26-31H,6-15,21-25,32H2,1-5H3. The molecule has 0 saturated carbocycles. The van der Waals surface area contributed by atoms with Crippen LogP contribution >= 0.6 is 0 Å². The van der Waals surface area contributed by atoms with Gasteiger partial charge in [-0.2, -0.15) is 0 Å². The van der Waals surface area contributed by atoms with Crippen molar-refractivity contribution in [3.63, 3.8) is 0 Å². The summed E-state index contributed by atoms with van der Waals surface area (Å²) in [5.41, 5.74) is 0.889. The Morgan fingerprint density at radius 1 is 0.361 bits per heavy atom. The minimum absolute atomic E-state index is 0.0321. The van der Waals surface area contributed by atoms with Gasteiger partial charge in [0.25, 0.3) is 0 Å². The van der Waals surface area contributed by atoms with E-state index in [0.29, 0.717) is 64.4 Å². The van der Waals surface area contributed by atoms with E-state index in [0.717, 1.165) is 37.7 Å². The van der Waals surface area contributed by atoms with Crippen molar-refractivity contribution in [1.29, 1.82) is 0 Å². The second-order valence-corrected chi connectivity index (χ2v) is 15.2. The highest BCUT2D eigenvalue weighted by Gasteiger charge is 2.24. The molecule has 0 fully saturated rings. The quantitative estimate of drug-likeness (QED) is 0.0353. The van der Waals surface area contributed by atoms with E-state index in [-0.39, 0.29) is 73.2 Å². The number of rotatable bonds is 23. The van der Waals surface area contributed by atoms with Gasteiger partial charge in [0.15, 0.2) is 34.5 Å². The molecular weight excluding hydrogens is 777 g/mol. The Labute approximate surface area is 358 Å². The number of carbonyl (C=O) groups is 5. The Morgan fingerprint density at radius 3 is 0.869 bits per heavy atom. The summed E-state index contributed by atoms with van der Waals surface area (Å²) in [6.07, 6.45) is 7.78.